The molecule has 0 aliphatic carbocycles. The average molecular weight is 455 g/mol. The largest absolute Gasteiger partial charge is 0.505 e. The fraction of sp³-hybridized carbons (Fsp3) is 0.250. The third-order valence-corrected chi connectivity index (χ3v) is 7.36. The Morgan fingerprint density at radius 3 is 2.53 bits per heavy atom. The highest BCUT2D eigenvalue weighted by Crippen LogP contribution is 2.38. The normalized spacial score (nSPS) is 15.5. The molecule has 0 fully saturated rings. The summed E-state index contributed by atoms with van der Waals surface area (Å²) in [7, 11) is -1.59. The number of pyridine rings is 1. The molecular formula is C24H23FN2O4S. The number of benzene rings is 2. The molecule has 4 rings (SSSR count). The number of aliphatic imine (C=N–C) groups is 1. The van der Waals surface area contributed by atoms with Crippen LogP contribution >= 0.6 is 0 Å². The summed E-state index contributed by atoms with van der Waals surface area (Å²) < 4.78 is 39.6. The molecule has 0 spiro atoms. The Morgan fingerprint density at radius 1 is 1.09 bits per heavy atom. The molecule has 166 valence electrons. The number of rotatable bonds is 4. The van der Waals surface area contributed by atoms with E-state index in [0.717, 1.165) is 11.1 Å². The van der Waals surface area contributed by atoms with Crippen LogP contribution in [0.4, 0.5) is 4.39 Å². The highest BCUT2D eigenvalue weighted by atomic mass is 32.2. The van der Waals surface area contributed by atoms with E-state index in [1.807, 2.05) is 13.0 Å². The fourth-order valence-corrected chi connectivity index (χ4v) is 4.80. The number of aromatic nitrogens is 1. The number of aromatic hydroxyl groups is 1. The van der Waals surface area contributed by atoms with Crippen molar-refractivity contribution in [2.45, 2.75) is 25.6 Å². The number of aryl methyl sites for hydroxylation is 1. The van der Waals surface area contributed by atoms with Gasteiger partial charge in [-0.2, -0.15) is 0 Å². The Hall–Kier alpha value is -3.26. The third-order valence-electron chi connectivity index (χ3n) is 5.71. The lowest BCUT2D eigenvalue weighted by Gasteiger charge is -2.15. The van der Waals surface area contributed by atoms with Gasteiger partial charge in [-0.3, -0.25) is 9.79 Å². The van der Waals surface area contributed by atoms with Crippen molar-refractivity contribution < 1.29 is 17.9 Å². The molecule has 0 unspecified atom stereocenters. The van der Waals surface area contributed by atoms with Gasteiger partial charge in [0.25, 0.3) is 5.56 Å². The minimum atomic E-state index is -3.25. The SMILES string of the molecule is CCS(=O)(=O)Cc1ccc2c(c1)-c1cn(C)c(=O)cc1[C@H](C)N=C2c1ccc(F)c(O)c1. The Bertz CT molecular complexity index is 1420. The highest BCUT2D eigenvalue weighted by Gasteiger charge is 2.25. The van der Waals surface area contributed by atoms with Crippen molar-refractivity contribution in [1.82, 2.24) is 4.57 Å². The quantitative estimate of drug-likeness (QED) is 0.650. The van der Waals surface area contributed by atoms with E-state index in [1.54, 1.807) is 32.3 Å². The Labute approximate surface area is 185 Å². The van der Waals surface area contributed by atoms with Crippen molar-refractivity contribution in [3.8, 4) is 16.9 Å². The molecule has 1 aromatic heterocycles. The topological polar surface area (TPSA) is 88.7 Å². The average Bonchev–Trinajstić information content (AvgIpc) is 2.85. The van der Waals surface area contributed by atoms with Gasteiger partial charge in [0, 0.05) is 41.8 Å². The first-order chi connectivity index (χ1) is 15.1. The maximum Gasteiger partial charge on any atom is 0.250 e. The van der Waals surface area contributed by atoms with E-state index >= 15 is 0 Å². The van der Waals surface area contributed by atoms with Crippen molar-refractivity contribution >= 4 is 15.5 Å². The Kier molecular flexibility index (Phi) is 5.50. The van der Waals surface area contributed by atoms with Crippen LogP contribution in [0, 0.1) is 5.82 Å². The monoisotopic (exact) mass is 454 g/mol. The fourth-order valence-electron chi connectivity index (χ4n) is 3.90. The smallest absolute Gasteiger partial charge is 0.250 e. The molecule has 3 aromatic rings. The number of hydrogen-bond acceptors (Lipinski definition) is 5. The molecular weight excluding hydrogens is 431 g/mol. The van der Waals surface area contributed by atoms with Gasteiger partial charge in [-0.1, -0.05) is 19.1 Å². The second kappa shape index (κ2) is 8.02. The summed E-state index contributed by atoms with van der Waals surface area (Å²) >= 11 is 0. The first kappa shape index (κ1) is 22.0. The predicted octanol–water partition coefficient (Wildman–Crippen LogP) is 3.74. The second-order valence-electron chi connectivity index (χ2n) is 7.97. The zero-order valence-electron chi connectivity index (χ0n) is 18.0. The first-order valence-electron chi connectivity index (χ1n) is 10.2. The minimum absolute atomic E-state index is 0.0355. The van der Waals surface area contributed by atoms with Crippen LogP contribution in [0.1, 0.15) is 42.1 Å². The maximum absolute atomic E-state index is 13.7. The molecule has 1 atom stereocenters. The van der Waals surface area contributed by atoms with Crippen molar-refractivity contribution in [1.29, 1.82) is 0 Å². The first-order valence-corrected chi connectivity index (χ1v) is 12.0. The zero-order chi connectivity index (χ0) is 23.2. The molecule has 1 aliphatic rings. The standard InChI is InChI=1S/C24H23FN2O4S/c1-4-32(30,31)13-15-5-7-17-19(9-15)20-12-27(3)23(29)11-18(20)14(2)26-24(17)16-6-8-21(25)22(28)10-16/h5-12,14,28H,4,13H2,1-3H3/t14-/m0/s1. The summed E-state index contributed by atoms with van der Waals surface area (Å²) in [5.41, 5.74) is 4.41. The Balaban J connectivity index is 2.01. The molecule has 1 aliphatic heterocycles. The predicted molar refractivity (Wildman–Crippen MR) is 122 cm³/mol. The van der Waals surface area contributed by atoms with Crippen LogP contribution in [-0.4, -0.2) is 29.6 Å². The lowest BCUT2D eigenvalue weighted by atomic mass is 9.91. The summed E-state index contributed by atoms with van der Waals surface area (Å²) in [6.45, 7) is 3.47. The van der Waals surface area contributed by atoms with Crippen molar-refractivity contribution in [3.05, 3.63) is 87.1 Å². The number of hydrogen-bond donors (Lipinski definition) is 1. The van der Waals surface area contributed by atoms with Crippen LogP contribution in [0.5, 0.6) is 5.75 Å². The van der Waals surface area contributed by atoms with Gasteiger partial charge in [0.05, 0.1) is 17.5 Å². The summed E-state index contributed by atoms with van der Waals surface area (Å²) in [6, 6.07) is 10.5. The molecule has 0 saturated carbocycles. The van der Waals surface area contributed by atoms with Crippen LogP contribution in [0.3, 0.4) is 0 Å². The van der Waals surface area contributed by atoms with Gasteiger partial charge < -0.3 is 9.67 Å². The number of phenolic OH excluding ortho intramolecular Hbond substituents is 1. The number of sulfone groups is 1. The second-order valence-corrected chi connectivity index (χ2v) is 10.3. The molecule has 0 radical (unpaired) electrons. The number of halogens is 1. The van der Waals surface area contributed by atoms with E-state index in [9.17, 15) is 22.7 Å². The molecule has 2 aromatic carbocycles. The van der Waals surface area contributed by atoms with E-state index in [4.69, 9.17) is 4.99 Å². The van der Waals surface area contributed by atoms with Gasteiger partial charge in [0.2, 0.25) is 0 Å². The van der Waals surface area contributed by atoms with E-state index in [0.29, 0.717) is 28.0 Å². The van der Waals surface area contributed by atoms with Crippen LogP contribution in [-0.2, 0) is 22.6 Å². The van der Waals surface area contributed by atoms with Crippen LogP contribution in [0.15, 0.2) is 58.4 Å². The third kappa shape index (κ3) is 3.98. The van der Waals surface area contributed by atoms with Gasteiger partial charge >= 0.3 is 0 Å². The van der Waals surface area contributed by atoms with E-state index in [2.05, 4.69) is 0 Å². The number of fused-ring (bicyclic) bond motifs is 3. The van der Waals surface area contributed by atoms with Gasteiger partial charge in [-0.25, -0.2) is 12.8 Å². The van der Waals surface area contributed by atoms with Crippen LogP contribution in [0.25, 0.3) is 11.1 Å². The molecule has 0 saturated heterocycles. The summed E-state index contributed by atoms with van der Waals surface area (Å²) in [4.78, 5) is 17.2. The zero-order valence-corrected chi connectivity index (χ0v) is 18.8. The molecule has 32 heavy (non-hydrogen) atoms. The van der Waals surface area contributed by atoms with Gasteiger partial charge in [0.1, 0.15) is 0 Å². The van der Waals surface area contributed by atoms with Crippen molar-refractivity contribution in [2.24, 2.45) is 12.0 Å². The van der Waals surface area contributed by atoms with Crippen LogP contribution in [0.2, 0.25) is 0 Å². The van der Waals surface area contributed by atoms with Crippen LogP contribution < -0.4 is 5.56 Å². The summed E-state index contributed by atoms with van der Waals surface area (Å²) in [5, 5.41) is 9.92. The molecule has 1 N–H and O–H groups in total. The van der Waals surface area contributed by atoms with Gasteiger partial charge in [-0.15, -0.1) is 0 Å². The Morgan fingerprint density at radius 2 is 1.84 bits per heavy atom. The summed E-state index contributed by atoms with van der Waals surface area (Å²) in [6.07, 6.45) is 1.73. The highest BCUT2D eigenvalue weighted by molar-refractivity contribution is 7.90. The van der Waals surface area contributed by atoms with E-state index in [1.165, 1.54) is 28.8 Å². The molecule has 6 nitrogen and oxygen atoms in total. The van der Waals surface area contributed by atoms with Gasteiger partial charge in [0.15, 0.2) is 21.4 Å². The lowest BCUT2D eigenvalue weighted by molar-refractivity contribution is 0.432. The van der Waals surface area contributed by atoms with Crippen molar-refractivity contribution in [2.75, 3.05) is 5.75 Å². The van der Waals surface area contributed by atoms with E-state index < -0.39 is 27.4 Å². The summed E-state index contributed by atoms with van der Waals surface area (Å²) in [5.74, 6) is -1.28. The van der Waals surface area contributed by atoms with E-state index in [-0.39, 0.29) is 17.1 Å². The molecule has 2 heterocycles. The van der Waals surface area contributed by atoms with Gasteiger partial charge in [-0.05, 0) is 47.9 Å². The molecule has 0 amide bonds. The minimum Gasteiger partial charge on any atom is -0.505 e. The lowest BCUT2D eigenvalue weighted by Crippen LogP contribution is -2.17. The number of phenols is 1. The number of nitrogens with zero attached hydrogens (tertiary/aromatic N) is 2. The maximum atomic E-state index is 13.7. The molecule has 8 heteroatoms. The molecule has 0 bridgehead atoms. The van der Waals surface area contributed by atoms with Crippen molar-refractivity contribution in [3.63, 3.8) is 0 Å².